The minimum atomic E-state index is -3.76. The fourth-order valence-electron chi connectivity index (χ4n) is 7.95. The molecule has 6 rings (SSSR count). The highest BCUT2D eigenvalue weighted by atomic mass is 32.2. The molecule has 0 aliphatic carbocycles. The van der Waals surface area contributed by atoms with Gasteiger partial charge >= 0.3 is 5.97 Å². The second kappa shape index (κ2) is 26.0. The van der Waals surface area contributed by atoms with Gasteiger partial charge in [0.2, 0.25) is 15.5 Å². The van der Waals surface area contributed by atoms with Crippen LogP contribution in [0.25, 0.3) is 10.9 Å². The van der Waals surface area contributed by atoms with Crippen LogP contribution in [0.3, 0.4) is 0 Å². The lowest BCUT2D eigenvalue weighted by Gasteiger charge is -2.31. The summed E-state index contributed by atoms with van der Waals surface area (Å²) in [7, 11) is -3.76. The van der Waals surface area contributed by atoms with E-state index in [1.54, 1.807) is 51.1 Å². The van der Waals surface area contributed by atoms with Crippen LogP contribution < -0.4 is 25.5 Å². The first-order chi connectivity index (χ1) is 34.8. The predicted octanol–water partition coefficient (Wildman–Crippen LogP) is 6.95. The molecular formula is C54H68N4O14S. The van der Waals surface area contributed by atoms with Crippen LogP contribution in [-0.2, 0) is 43.9 Å². The number of aromatic nitrogens is 1. The van der Waals surface area contributed by atoms with Crippen molar-refractivity contribution in [2.75, 3.05) is 91.0 Å². The zero-order valence-electron chi connectivity index (χ0n) is 42.5. The summed E-state index contributed by atoms with van der Waals surface area (Å²) in [5, 5.41) is 16.5. The Morgan fingerprint density at radius 1 is 0.726 bits per heavy atom. The van der Waals surface area contributed by atoms with Crippen LogP contribution in [0.15, 0.2) is 101 Å². The number of pyridine rings is 1. The summed E-state index contributed by atoms with van der Waals surface area (Å²) in [6.07, 6.45) is 2.71. The smallest absolute Gasteiger partial charge is 0.325 e. The maximum atomic E-state index is 13.4. The molecule has 73 heavy (non-hydrogen) atoms. The van der Waals surface area contributed by atoms with Crippen LogP contribution >= 0.6 is 0 Å². The molecule has 0 unspecified atom stereocenters. The Kier molecular flexibility index (Phi) is 20.0. The van der Waals surface area contributed by atoms with E-state index in [9.17, 15) is 32.7 Å². The van der Waals surface area contributed by atoms with Crippen molar-refractivity contribution in [3.8, 4) is 17.2 Å². The van der Waals surface area contributed by atoms with Crippen LogP contribution in [-0.4, -0.2) is 132 Å². The average Bonchev–Trinajstić information content (AvgIpc) is 3.35. The molecule has 1 saturated heterocycles. The number of nitrogens with zero attached hydrogens (tertiary/aromatic N) is 1. The van der Waals surface area contributed by atoms with Crippen molar-refractivity contribution >= 4 is 44.4 Å². The Hall–Kier alpha value is -6.35. The number of carbonyl (C=O) groups excluding carboxylic acids is 3. The standard InChI is InChI=1S/C54H68N4O14S/c1-53(2,3)44-33-48(47(59)34-46(44)57-52(63)43-35-55-45-10-8-7-9-42(45)50(43)61)71-32-30-69-28-26-67-24-23-66-25-27-68-29-31-70-40-15-11-37(12-16-40)38-19-21-58(22-20-38)73(64,65)41-17-13-39(14-18-41)51(62)56-36-49(60)72-54(4,5)6/h7-18,33-35,38,59H,19-32,36H2,1-6H3,(H,55,61)(H,56,62)(H,57,63). The molecule has 1 aliphatic rings. The maximum Gasteiger partial charge on any atom is 0.325 e. The maximum absolute atomic E-state index is 13.4. The number of amides is 2. The van der Waals surface area contributed by atoms with Gasteiger partial charge in [0.1, 0.15) is 36.7 Å². The Bertz CT molecular complexity index is 2800. The summed E-state index contributed by atoms with van der Waals surface area (Å²) in [4.78, 5) is 53.8. The van der Waals surface area contributed by atoms with Crippen LogP contribution in [0.5, 0.6) is 17.2 Å². The lowest BCUT2D eigenvalue weighted by Crippen LogP contribution is -2.38. The van der Waals surface area contributed by atoms with Gasteiger partial charge in [-0.2, -0.15) is 4.31 Å². The fraction of sp³-hybridized carbons (Fsp3) is 0.444. The summed E-state index contributed by atoms with van der Waals surface area (Å²) in [5.74, 6) is -0.684. The topological polar surface area (TPSA) is 230 Å². The van der Waals surface area contributed by atoms with Gasteiger partial charge in [0.05, 0.1) is 57.8 Å². The molecule has 0 atom stereocenters. The molecule has 0 saturated carbocycles. The van der Waals surface area contributed by atoms with E-state index in [1.165, 1.54) is 40.8 Å². The highest BCUT2D eigenvalue weighted by Crippen LogP contribution is 2.39. The minimum Gasteiger partial charge on any atom is -0.504 e. The van der Waals surface area contributed by atoms with Crippen molar-refractivity contribution in [2.45, 2.75) is 76.2 Å². The Morgan fingerprint density at radius 2 is 1.30 bits per heavy atom. The molecule has 0 bridgehead atoms. The Labute approximate surface area is 426 Å². The van der Waals surface area contributed by atoms with E-state index in [4.69, 9.17) is 33.2 Å². The van der Waals surface area contributed by atoms with Gasteiger partial charge < -0.3 is 53.9 Å². The number of fused-ring (bicyclic) bond motifs is 1. The number of aromatic amines is 1. The van der Waals surface area contributed by atoms with Crippen LogP contribution in [0.2, 0.25) is 0 Å². The number of carbonyl (C=O) groups is 3. The normalized spacial score (nSPS) is 13.7. The number of anilines is 1. The number of phenolic OH excluding ortho intramolecular Hbond substituents is 1. The van der Waals surface area contributed by atoms with Gasteiger partial charge in [-0.25, -0.2) is 8.42 Å². The number of para-hydroxylation sites is 1. The van der Waals surface area contributed by atoms with Gasteiger partial charge in [0.25, 0.3) is 11.8 Å². The zero-order valence-corrected chi connectivity index (χ0v) is 43.3. The number of sulfonamides is 1. The van der Waals surface area contributed by atoms with Gasteiger partial charge in [0, 0.05) is 47.5 Å². The van der Waals surface area contributed by atoms with Crippen LogP contribution in [0, 0.1) is 0 Å². The summed E-state index contributed by atoms with van der Waals surface area (Å²) in [6, 6.07) is 23.6. The van der Waals surface area contributed by atoms with E-state index in [0.717, 1.165) is 5.56 Å². The van der Waals surface area contributed by atoms with Crippen molar-refractivity contribution < 1.29 is 61.1 Å². The molecular weight excluding hydrogens is 961 g/mol. The number of ether oxygens (including phenoxy) is 7. The molecule has 1 aromatic heterocycles. The van der Waals surface area contributed by atoms with Crippen LogP contribution in [0.4, 0.5) is 5.69 Å². The molecule has 2 heterocycles. The van der Waals surface area contributed by atoms with Crippen molar-refractivity contribution in [2.24, 2.45) is 0 Å². The number of piperidine rings is 1. The van der Waals surface area contributed by atoms with Crippen molar-refractivity contribution in [3.63, 3.8) is 0 Å². The number of rotatable bonds is 25. The van der Waals surface area contributed by atoms with E-state index in [-0.39, 0.29) is 53.2 Å². The summed E-state index contributed by atoms with van der Waals surface area (Å²) in [5.41, 5.74) is 1.51. The first kappa shape index (κ1) is 56.0. The third-order valence-electron chi connectivity index (χ3n) is 11.7. The molecule has 0 radical (unpaired) electrons. The highest BCUT2D eigenvalue weighted by Gasteiger charge is 2.30. The second-order valence-electron chi connectivity index (χ2n) is 19.3. The van der Waals surface area contributed by atoms with E-state index >= 15 is 0 Å². The SMILES string of the molecule is CC(C)(C)OC(=O)CNC(=O)c1ccc(S(=O)(=O)N2CCC(c3ccc(OCCOCCOCCOCCOCCOc4cc(C(C)(C)C)c(NC(=O)c5c[nH]c6ccccc6c5=O)cc4O)cc3)CC2)cc1. The third-order valence-corrected chi connectivity index (χ3v) is 13.6. The fourth-order valence-corrected chi connectivity index (χ4v) is 9.42. The van der Waals surface area contributed by atoms with Gasteiger partial charge in [-0.15, -0.1) is 0 Å². The predicted molar refractivity (Wildman–Crippen MR) is 275 cm³/mol. The largest absolute Gasteiger partial charge is 0.504 e. The number of H-pyrrole nitrogens is 1. The molecule has 0 spiro atoms. The molecule has 394 valence electrons. The number of nitrogens with one attached hydrogen (secondary N) is 3. The number of hydrogen-bond donors (Lipinski definition) is 4. The van der Waals surface area contributed by atoms with Crippen molar-refractivity contribution in [3.05, 3.63) is 124 Å². The second-order valence-corrected chi connectivity index (χ2v) is 21.3. The number of aromatic hydroxyl groups is 1. The Morgan fingerprint density at radius 3 is 1.89 bits per heavy atom. The van der Waals surface area contributed by atoms with Gasteiger partial charge in [-0.3, -0.25) is 19.2 Å². The molecule has 4 N–H and O–H groups in total. The quantitative estimate of drug-likeness (QED) is 0.0343. The first-order valence-corrected chi connectivity index (χ1v) is 25.8. The minimum absolute atomic E-state index is 0.0424. The monoisotopic (exact) mass is 1030 g/mol. The lowest BCUT2D eigenvalue weighted by molar-refractivity contribution is -0.153. The number of esters is 1. The van der Waals surface area contributed by atoms with Crippen molar-refractivity contribution in [1.82, 2.24) is 14.6 Å². The van der Waals surface area contributed by atoms with Gasteiger partial charge in [-0.1, -0.05) is 45.0 Å². The Balaban J connectivity index is 0.776. The third kappa shape index (κ3) is 16.6. The molecule has 19 heteroatoms. The van der Waals surface area contributed by atoms with Crippen LogP contribution in [0.1, 0.15) is 92.1 Å². The number of benzene rings is 4. The van der Waals surface area contributed by atoms with E-state index < -0.39 is 44.3 Å². The lowest BCUT2D eigenvalue weighted by atomic mass is 9.85. The summed E-state index contributed by atoms with van der Waals surface area (Å²) < 4.78 is 67.6. The van der Waals surface area contributed by atoms with E-state index in [1.807, 2.05) is 45.0 Å². The van der Waals surface area contributed by atoms with E-state index in [0.29, 0.717) is 107 Å². The highest BCUT2D eigenvalue weighted by molar-refractivity contribution is 7.89. The van der Waals surface area contributed by atoms with Crippen molar-refractivity contribution in [1.29, 1.82) is 0 Å². The summed E-state index contributed by atoms with van der Waals surface area (Å²) >= 11 is 0. The van der Waals surface area contributed by atoms with Gasteiger partial charge in [0.15, 0.2) is 11.5 Å². The van der Waals surface area contributed by atoms with E-state index in [2.05, 4.69) is 15.6 Å². The molecule has 18 nitrogen and oxygen atoms in total. The molecule has 2 amide bonds. The molecule has 1 aliphatic heterocycles. The molecule has 5 aromatic rings. The summed E-state index contributed by atoms with van der Waals surface area (Å²) in [6.45, 7) is 15.0. The van der Waals surface area contributed by atoms with Gasteiger partial charge in [-0.05, 0) is 111 Å². The molecule has 1 fully saturated rings. The molecule has 4 aromatic carbocycles. The number of phenols is 1. The zero-order chi connectivity index (χ0) is 52.6. The average molecular weight is 1030 g/mol. The number of hydrogen-bond acceptors (Lipinski definition) is 14. The first-order valence-electron chi connectivity index (χ1n) is 24.4.